The summed E-state index contributed by atoms with van der Waals surface area (Å²) in [5.41, 5.74) is 2.23. The molecule has 2 rings (SSSR count). The molecular formula is C14H25N3O. The van der Waals surface area contributed by atoms with E-state index in [4.69, 9.17) is 4.52 Å². The van der Waals surface area contributed by atoms with Gasteiger partial charge in [-0.3, -0.25) is 0 Å². The number of hydrogen-bond donors (Lipinski definition) is 1. The molecule has 1 aromatic rings. The van der Waals surface area contributed by atoms with E-state index in [1.54, 1.807) is 0 Å². The lowest BCUT2D eigenvalue weighted by atomic mass is 10.1. The van der Waals surface area contributed by atoms with E-state index < -0.39 is 0 Å². The highest BCUT2D eigenvalue weighted by Gasteiger charge is 2.10. The molecule has 4 heteroatoms. The van der Waals surface area contributed by atoms with Crippen molar-refractivity contribution >= 4 is 0 Å². The minimum absolute atomic E-state index is 0.876. The quantitative estimate of drug-likeness (QED) is 0.787. The van der Waals surface area contributed by atoms with Crippen molar-refractivity contribution in [1.29, 1.82) is 0 Å². The molecule has 1 saturated heterocycles. The van der Waals surface area contributed by atoms with Crippen molar-refractivity contribution in [3.8, 4) is 0 Å². The Morgan fingerprint density at radius 3 is 2.67 bits per heavy atom. The molecule has 0 aromatic carbocycles. The second kappa shape index (κ2) is 6.90. The first-order valence-electron chi connectivity index (χ1n) is 7.12. The van der Waals surface area contributed by atoms with Gasteiger partial charge in [-0.25, -0.2) is 0 Å². The SMILES string of the molecule is Cc1noc(C)c1CNCCCN1CCCCC1. The summed E-state index contributed by atoms with van der Waals surface area (Å²) in [5.74, 6) is 0.941. The van der Waals surface area contributed by atoms with Gasteiger partial charge in [-0.1, -0.05) is 11.6 Å². The van der Waals surface area contributed by atoms with E-state index in [1.165, 1.54) is 50.9 Å². The third-order valence-electron chi connectivity index (χ3n) is 3.76. The fraction of sp³-hybridized carbons (Fsp3) is 0.786. The zero-order valence-corrected chi connectivity index (χ0v) is 11.7. The number of piperidine rings is 1. The van der Waals surface area contributed by atoms with Gasteiger partial charge in [0, 0.05) is 12.1 Å². The van der Waals surface area contributed by atoms with E-state index in [1.807, 2.05) is 13.8 Å². The molecule has 0 spiro atoms. The van der Waals surface area contributed by atoms with Crippen LogP contribution >= 0.6 is 0 Å². The predicted octanol–water partition coefficient (Wildman–Crippen LogP) is 2.26. The third kappa shape index (κ3) is 3.82. The topological polar surface area (TPSA) is 41.3 Å². The Morgan fingerprint density at radius 1 is 1.22 bits per heavy atom. The zero-order chi connectivity index (χ0) is 12.8. The van der Waals surface area contributed by atoms with E-state index in [0.29, 0.717) is 0 Å². The van der Waals surface area contributed by atoms with Crippen LogP contribution in [0.5, 0.6) is 0 Å². The maximum atomic E-state index is 5.15. The lowest BCUT2D eigenvalue weighted by molar-refractivity contribution is 0.225. The van der Waals surface area contributed by atoms with Crippen molar-refractivity contribution in [2.45, 2.75) is 46.1 Å². The monoisotopic (exact) mass is 251 g/mol. The lowest BCUT2D eigenvalue weighted by Crippen LogP contribution is -2.32. The van der Waals surface area contributed by atoms with Crippen molar-refractivity contribution in [3.63, 3.8) is 0 Å². The van der Waals surface area contributed by atoms with Crippen LogP contribution in [0.2, 0.25) is 0 Å². The van der Waals surface area contributed by atoms with Gasteiger partial charge in [-0.05, 0) is 59.3 Å². The van der Waals surface area contributed by atoms with Gasteiger partial charge in [-0.15, -0.1) is 0 Å². The van der Waals surface area contributed by atoms with Crippen LogP contribution in [0.1, 0.15) is 42.7 Å². The predicted molar refractivity (Wildman–Crippen MR) is 72.6 cm³/mol. The van der Waals surface area contributed by atoms with Gasteiger partial charge in [0.1, 0.15) is 5.76 Å². The molecule has 1 aromatic heterocycles. The van der Waals surface area contributed by atoms with Gasteiger partial charge in [0.05, 0.1) is 5.69 Å². The fourth-order valence-electron chi connectivity index (χ4n) is 2.58. The summed E-state index contributed by atoms with van der Waals surface area (Å²) in [6.45, 7) is 9.75. The Kier molecular flexibility index (Phi) is 5.20. The number of nitrogens with one attached hydrogen (secondary N) is 1. The van der Waals surface area contributed by atoms with Crippen LogP contribution in [0.3, 0.4) is 0 Å². The van der Waals surface area contributed by atoms with Gasteiger partial charge >= 0.3 is 0 Å². The number of aryl methyl sites for hydroxylation is 2. The zero-order valence-electron chi connectivity index (χ0n) is 11.7. The standard InChI is InChI=1S/C14H25N3O/c1-12-14(13(2)18-16-12)11-15-7-6-10-17-8-4-3-5-9-17/h15H,3-11H2,1-2H3. The number of aromatic nitrogens is 1. The van der Waals surface area contributed by atoms with Crippen LogP contribution in [0.15, 0.2) is 4.52 Å². The minimum atomic E-state index is 0.876. The van der Waals surface area contributed by atoms with E-state index in [0.717, 1.165) is 24.5 Å². The molecule has 0 unspecified atom stereocenters. The van der Waals surface area contributed by atoms with Crippen molar-refractivity contribution in [2.24, 2.45) is 0 Å². The maximum Gasteiger partial charge on any atom is 0.138 e. The lowest BCUT2D eigenvalue weighted by Gasteiger charge is -2.26. The van der Waals surface area contributed by atoms with Crippen molar-refractivity contribution in [3.05, 3.63) is 17.0 Å². The second-order valence-corrected chi connectivity index (χ2v) is 5.24. The first kappa shape index (κ1) is 13.6. The number of rotatable bonds is 6. The number of nitrogens with zero attached hydrogens (tertiary/aromatic N) is 2. The third-order valence-corrected chi connectivity index (χ3v) is 3.76. The molecule has 0 amide bonds. The molecule has 1 fully saturated rings. The van der Waals surface area contributed by atoms with Gasteiger partial charge in [-0.2, -0.15) is 0 Å². The molecule has 102 valence electrons. The number of likely N-dealkylation sites (tertiary alicyclic amines) is 1. The highest BCUT2D eigenvalue weighted by atomic mass is 16.5. The Morgan fingerprint density at radius 2 is 2.00 bits per heavy atom. The summed E-state index contributed by atoms with van der Waals surface area (Å²) in [7, 11) is 0. The highest BCUT2D eigenvalue weighted by Crippen LogP contribution is 2.11. The molecule has 2 heterocycles. The Hall–Kier alpha value is -0.870. The summed E-state index contributed by atoms with van der Waals surface area (Å²) < 4.78 is 5.15. The van der Waals surface area contributed by atoms with Gasteiger partial charge in [0.2, 0.25) is 0 Å². The van der Waals surface area contributed by atoms with Crippen LogP contribution in [0.25, 0.3) is 0 Å². The van der Waals surface area contributed by atoms with Crippen LogP contribution in [0.4, 0.5) is 0 Å². The van der Waals surface area contributed by atoms with E-state index >= 15 is 0 Å². The van der Waals surface area contributed by atoms with E-state index in [2.05, 4.69) is 15.4 Å². The first-order chi connectivity index (χ1) is 8.77. The summed E-state index contributed by atoms with van der Waals surface area (Å²) in [6.07, 6.45) is 5.41. The largest absolute Gasteiger partial charge is 0.361 e. The van der Waals surface area contributed by atoms with E-state index in [9.17, 15) is 0 Å². The Balaban J connectivity index is 1.58. The van der Waals surface area contributed by atoms with Crippen LogP contribution in [-0.2, 0) is 6.54 Å². The summed E-state index contributed by atoms with van der Waals surface area (Å²) in [4.78, 5) is 2.58. The average Bonchev–Trinajstić information content (AvgIpc) is 2.71. The molecule has 1 aliphatic rings. The van der Waals surface area contributed by atoms with Crippen LogP contribution in [0, 0.1) is 13.8 Å². The van der Waals surface area contributed by atoms with Gasteiger partial charge < -0.3 is 14.7 Å². The molecule has 0 saturated carbocycles. The maximum absolute atomic E-state index is 5.15. The van der Waals surface area contributed by atoms with Crippen LogP contribution in [-0.4, -0.2) is 36.2 Å². The molecule has 0 atom stereocenters. The molecule has 0 bridgehead atoms. The normalized spacial score (nSPS) is 17.2. The molecular weight excluding hydrogens is 226 g/mol. The molecule has 0 radical (unpaired) electrons. The molecule has 1 aliphatic heterocycles. The van der Waals surface area contributed by atoms with Gasteiger partial charge in [0.15, 0.2) is 0 Å². The van der Waals surface area contributed by atoms with Crippen molar-refractivity contribution in [2.75, 3.05) is 26.2 Å². The smallest absolute Gasteiger partial charge is 0.138 e. The second-order valence-electron chi connectivity index (χ2n) is 5.24. The molecule has 0 aliphatic carbocycles. The summed E-state index contributed by atoms with van der Waals surface area (Å²) in [5, 5.41) is 7.45. The average molecular weight is 251 g/mol. The van der Waals surface area contributed by atoms with Gasteiger partial charge in [0.25, 0.3) is 0 Å². The fourth-order valence-corrected chi connectivity index (χ4v) is 2.58. The summed E-state index contributed by atoms with van der Waals surface area (Å²) >= 11 is 0. The van der Waals surface area contributed by atoms with Crippen molar-refractivity contribution in [1.82, 2.24) is 15.4 Å². The van der Waals surface area contributed by atoms with Crippen molar-refractivity contribution < 1.29 is 4.52 Å². The molecule has 18 heavy (non-hydrogen) atoms. The number of hydrogen-bond acceptors (Lipinski definition) is 4. The van der Waals surface area contributed by atoms with Crippen LogP contribution < -0.4 is 5.32 Å². The summed E-state index contributed by atoms with van der Waals surface area (Å²) in [6, 6.07) is 0. The Bertz CT molecular complexity index is 336. The highest BCUT2D eigenvalue weighted by molar-refractivity contribution is 5.20. The molecule has 4 nitrogen and oxygen atoms in total. The van der Waals surface area contributed by atoms with E-state index in [-0.39, 0.29) is 0 Å². The minimum Gasteiger partial charge on any atom is -0.361 e. The Labute approximate surface area is 110 Å². The molecule has 1 N–H and O–H groups in total. The first-order valence-corrected chi connectivity index (χ1v) is 7.12.